The number of alkyl halides is 2. The quantitative estimate of drug-likeness (QED) is 0.568. The van der Waals surface area contributed by atoms with Crippen LogP contribution in [0.15, 0.2) is 23.8 Å². The maximum Gasteiger partial charge on any atom is 0.387 e. The molecule has 1 saturated carbocycles. The van der Waals surface area contributed by atoms with Crippen LogP contribution in [-0.2, 0) is 4.79 Å². The third kappa shape index (κ3) is 5.68. The first-order valence-corrected chi connectivity index (χ1v) is 9.09. The van der Waals surface area contributed by atoms with Crippen LogP contribution in [0.3, 0.4) is 0 Å². The summed E-state index contributed by atoms with van der Waals surface area (Å²) in [5.41, 5.74) is 0.0187. The van der Waals surface area contributed by atoms with Gasteiger partial charge in [-0.1, -0.05) is 31.9 Å². The molecule has 0 heterocycles. The molecule has 1 fully saturated rings. The van der Waals surface area contributed by atoms with Crippen molar-refractivity contribution in [2.24, 2.45) is 5.92 Å². The van der Waals surface area contributed by atoms with Gasteiger partial charge in [0.1, 0.15) is 11.6 Å². The molecule has 1 N–H and O–H groups in total. The van der Waals surface area contributed by atoms with Crippen molar-refractivity contribution in [1.29, 1.82) is 5.26 Å². The van der Waals surface area contributed by atoms with Gasteiger partial charge in [0.2, 0.25) is 0 Å². The van der Waals surface area contributed by atoms with E-state index in [1.54, 1.807) is 13.0 Å². The topological polar surface area (TPSA) is 71.3 Å². The highest BCUT2D eigenvalue weighted by Crippen LogP contribution is 2.34. The molecule has 146 valence electrons. The zero-order valence-corrected chi connectivity index (χ0v) is 15.5. The number of hydrogen-bond acceptors (Lipinski definition) is 4. The fraction of sp³-hybridized carbons (Fsp3) is 0.500. The Morgan fingerprint density at radius 3 is 2.78 bits per heavy atom. The Labute approximate surface area is 158 Å². The zero-order valence-electron chi connectivity index (χ0n) is 15.5. The number of halogens is 2. The second-order valence-corrected chi connectivity index (χ2v) is 6.50. The summed E-state index contributed by atoms with van der Waals surface area (Å²) in [5, 5.41) is 12.3. The van der Waals surface area contributed by atoms with Crippen molar-refractivity contribution < 1.29 is 23.0 Å². The van der Waals surface area contributed by atoms with Crippen LogP contribution < -0.4 is 14.8 Å². The number of nitrogens with zero attached hydrogens (tertiary/aromatic N) is 1. The molecule has 0 saturated heterocycles. The summed E-state index contributed by atoms with van der Waals surface area (Å²) in [4.78, 5) is 12.5. The van der Waals surface area contributed by atoms with Crippen LogP contribution in [0.4, 0.5) is 8.78 Å². The fourth-order valence-electron chi connectivity index (χ4n) is 3.21. The Balaban J connectivity index is 2.29. The first-order chi connectivity index (χ1) is 13.0. The van der Waals surface area contributed by atoms with E-state index >= 15 is 0 Å². The Hall–Kier alpha value is -2.62. The van der Waals surface area contributed by atoms with E-state index in [0.717, 1.165) is 25.7 Å². The van der Waals surface area contributed by atoms with Crippen molar-refractivity contribution in [1.82, 2.24) is 5.32 Å². The number of benzene rings is 1. The van der Waals surface area contributed by atoms with Crippen LogP contribution in [0, 0.1) is 17.2 Å². The minimum atomic E-state index is -3.05. The molecule has 1 aliphatic rings. The summed E-state index contributed by atoms with van der Waals surface area (Å²) < 4.78 is 35.5. The number of nitrogens with one attached hydrogen (secondary N) is 1. The lowest BCUT2D eigenvalue weighted by atomic mass is 9.86. The van der Waals surface area contributed by atoms with E-state index in [-0.39, 0.29) is 35.3 Å². The van der Waals surface area contributed by atoms with Crippen LogP contribution in [-0.4, -0.2) is 25.2 Å². The lowest BCUT2D eigenvalue weighted by Gasteiger charge is -2.29. The first-order valence-electron chi connectivity index (χ1n) is 9.09. The standard InChI is InChI=1S/C20H24F2N2O3/c1-3-26-17-10-6-8-14(18(17)27-20(21)22)11-15(12-23)19(25)24-16-9-5-4-7-13(16)2/h6,8,10-11,13,16,20H,3-5,7,9H2,1-2H3,(H,24,25)/b15-11+. The van der Waals surface area contributed by atoms with Gasteiger partial charge in [-0.2, -0.15) is 14.0 Å². The molecule has 5 nitrogen and oxygen atoms in total. The van der Waals surface area contributed by atoms with Gasteiger partial charge in [0.25, 0.3) is 5.91 Å². The van der Waals surface area contributed by atoms with Gasteiger partial charge in [-0.15, -0.1) is 0 Å². The number of para-hydroxylation sites is 1. The van der Waals surface area contributed by atoms with Crippen molar-refractivity contribution in [2.75, 3.05) is 6.61 Å². The summed E-state index contributed by atoms with van der Waals surface area (Å²) in [6.07, 6.45) is 5.31. The van der Waals surface area contributed by atoms with Gasteiger partial charge in [-0.25, -0.2) is 0 Å². The lowest BCUT2D eigenvalue weighted by molar-refractivity contribution is -0.118. The summed E-state index contributed by atoms with van der Waals surface area (Å²) in [6.45, 7) is 0.993. The number of rotatable bonds is 7. The highest BCUT2D eigenvalue weighted by atomic mass is 19.3. The fourth-order valence-corrected chi connectivity index (χ4v) is 3.21. The average molecular weight is 378 g/mol. The summed E-state index contributed by atoms with van der Waals surface area (Å²) in [7, 11) is 0. The van der Waals surface area contributed by atoms with Crippen molar-refractivity contribution in [2.45, 2.75) is 52.2 Å². The number of amides is 1. The van der Waals surface area contributed by atoms with Gasteiger partial charge in [0, 0.05) is 11.6 Å². The number of nitriles is 1. The van der Waals surface area contributed by atoms with E-state index in [2.05, 4.69) is 17.0 Å². The number of hydrogen-bond donors (Lipinski definition) is 1. The predicted octanol–water partition coefficient (Wildman–Crippen LogP) is 4.29. The zero-order chi connectivity index (χ0) is 19.8. The molecule has 1 aromatic carbocycles. The Morgan fingerprint density at radius 1 is 1.41 bits per heavy atom. The van der Waals surface area contributed by atoms with E-state index < -0.39 is 12.5 Å². The lowest BCUT2D eigenvalue weighted by Crippen LogP contribution is -2.41. The van der Waals surface area contributed by atoms with E-state index in [1.165, 1.54) is 18.2 Å². The van der Waals surface area contributed by atoms with Crippen LogP contribution in [0.1, 0.15) is 45.1 Å². The monoisotopic (exact) mass is 378 g/mol. The van der Waals surface area contributed by atoms with Gasteiger partial charge >= 0.3 is 6.61 Å². The minimum Gasteiger partial charge on any atom is -0.490 e. The highest BCUT2D eigenvalue weighted by Gasteiger charge is 2.24. The molecule has 0 bridgehead atoms. The number of carbonyl (C=O) groups excluding carboxylic acids is 1. The molecule has 0 aliphatic heterocycles. The van der Waals surface area contributed by atoms with Gasteiger partial charge in [-0.05, 0) is 37.8 Å². The molecule has 0 spiro atoms. The van der Waals surface area contributed by atoms with Gasteiger partial charge in [0.05, 0.1) is 6.61 Å². The van der Waals surface area contributed by atoms with Crippen LogP contribution in [0.2, 0.25) is 0 Å². The van der Waals surface area contributed by atoms with Crippen LogP contribution in [0.25, 0.3) is 6.08 Å². The van der Waals surface area contributed by atoms with Crippen molar-refractivity contribution in [3.63, 3.8) is 0 Å². The Bertz CT molecular complexity index is 728. The normalized spacial score (nSPS) is 20.1. The average Bonchev–Trinajstić information content (AvgIpc) is 2.63. The third-order valence-electron chi connectivity index (χ3n) is 4.61. The maximum absolute atomic E-state index is 12.8. The molecular formula is C20H24F2N2O3. The summed E-state index contributed by atoms with van der Waals surface area (Å²) in [6, 6.07) is 6.44. The summed E-state index contributed by atoms with van der Waals surface area (Å²) >= 11 is 0. The maximum atomic E-state index is 12.8. The number of carbonyl (C=O) groups is 1. The SMILES string of the molecule is CCOc1cccc(/C=C(\C#N)C(=O)NC2CCCCC2C)c1OC(F)F. The largest absolute Gasteiger partial charge is 0.490 e. The Morgan fingerprint density at radius 2 is 2.15 bits per heavy atom. The van der Waals surface area contributed by atoms with Crippen molar-refractivity contribution >= 4 is 12.0 Å². The third-order valence-corrected chi connectivity index (χ3v) is 4.61. The molecule has 27 heavy (non-hydrogen) atoms. The van der Waals surface area contributed by atoms with Gasteiger partial charge in [0.15, 0.2) is 11.5 Å². The molecule has 0 aromatic heterocycles. The predicted molar refractivity (Wildman–Crippen MR) is 97.4 cm³/mol. The molecule has 1 aromatic rings. The Kier molecular flexibility index (Phi) is 7.59. The molecule has 2 unspecified atom stereocenters. The second-order valence-electron chi connectivity index (χ2n) is 6.50. The molecule has 1 amide bonds. The molecule has 1 aliphatic carbocycles. The summed E-state index contributed by atoms with van der Waals surface area (Å²) in [5.74, 6) is -0.242. The minimum absolute atomic E-state index is 0.00884. The van der Waals surface area contributed by atoms with E-state index in [4.69, 9.17) is 4.74 Å². The van der Waals surface area contributed by atoms with Crippen LogP contribution in [0.5, 0.6) is 11.5 Å². The van der Waals surface area contributed by atoms with Gasteiger partial charge < -0.3 is 14.8 Å². The molecule has 0 radical (unpaired) electrons. The molecule has 2 rings (SSSR count). The van der Waals surface area contributed by atoms with E-state index in [0.29, 0.717) is 5.92 Å². The van der Waals surface area contributed by atoms with Gasteiger partial charge in [-0.3, -0.25) is 4.79 Å². The second kappa shape index (κ2) is 9.91. The van der Waals surface area contributed by atoms with Crippen LogP contribution >= 0.6 is 0 Å². The van der Waals surface area contributed by atoms with Crippen molar-refractivity contribution in [3.05, 3.63) is 29.3 Å². The molecule has 7 heteroatoms. The smallest absolute Gasteiger partial charge is 0.387 e. The van der Waals surface area contributed by atoms with E-state index in [9.17, 15) is 18.8 Å². The number of ether oxygens (including phenoxy) is 2. The van der Waals surface area contributed by atoms with Crippen molar-refractivity contribution in [3.8, 4) is 17.6 Å². The molecular weight excluding hydrogens is 354 g/mol. The molecule has 2 atom stereocenters. The highest BCUT2D eigenvalue weighted by molar-refractivity contribution is 6.02. The van der Waals surface area contributed by atoms with E-state index in [1.807, 2.05) is 6.07 Å². The first kappa shape index (κ1) is 20.7.